The van der Waals surface area contributed by atoms with Crippen molar-refractivity contribution in [1.29, 1.82) is 0 Å². The van der Waals surface area contributed by atoms with E-state index in [9.17, 15) is 9.59 Å². The largest absolute Gasteiger partial charge is 0.478 e. The zero-order chi connectivity index (χ0) is 15.6. The summed E-state index contributed by atoms with van der Waals surface area (Å²) >= 11 is 15.0. The molecule has 21 heavy (non-hydrogen) atoms. The monoisotopic (exact) mass is 388 g/mol. The van der Waals surface area contributed by atoms with Crippen LogP contribution in [0.3, 0.4) is 0 Å². The first-order chi connectivity index (χ1) is 9.88. The molecule has 0 bridgehead atoms. The summed E-state index contributed by atoms with van der Waals surface area (Å²) in [5.41, 5.74) is 0.479. The summed E-state index contributed by atoms with van der Waals surface area (Å²) in [5, 5.41) is 11.6. The number of hydrogen-bond acceptors (Lipinski definition) is 3. The van der Waals surface area contributed by atoms with Gasteiger partial charge in [-0.1, -0.05) is 23.2 Å². The number of carbonyl (C=O) groups is 2. The van der Waals surface area contributed by atoms with Crippen molar-refractivity contribution < 1.29 is 14.7 Å². The van der Waals surface area contributed by atoms with Gasteiger partial charge in [-0.25, -0.2) is 9.78 Å². The summed E-state index contributed by atoms with van der Waals surface area (Å²) in [5.74, 6) is -1.60. The van der Waals surface area contributed by atoms with E-state index in [0.717, 1.165) is 0 Å². The molecule has 0 unspecified atom stereocenters. The summed E-state index contributed by atoms with van der Waals surface area (Å²) in [7, 11) is 0. The lowest BCUT2D eigenvalue weighted by atomic mass is 10.2. The molecule has 0 saturated carbocycles. The second-order valence-corrected chi connectivity index (χ2v) is 5.63. The van der Waals surface area contributed by atoms with Crippen LogP contribution < -0.4 is 5.32 Å². The van der Waals surface area contributed by atoms with E-state index < -0.39 is 11.9 Å². The Kier molecular flexibility index (Phi) is 4.82. The third-order valence-corrected chi connectivity index (χ3v) is 3.56. The number of carboxylic acid groups (broad SMARTS) is 1. The first-order valence-electron chi connectivity index (χ1n) is 5.53. The Hall–Kier alpha value is -1.63. The third kappa shape index (κ3) is 3.72. The van der Waals surface area contributed by atoms with Crippen LogP contribution in [0.2, 0.25) is 10.2 Å². The van der Waals surface area contributed by atoms with E-state index >= 15 is 0 Å². The van der Waals surface area contributed by atoms with Crippen LogP contribution >= 0.6 is 39.1 Å². The van der Waals surface area contributed by atoms with E-state index in [2.05, 4.69) is 26.2 Å². The van der Waals surface area contributed by atoms with Crippen molar-refractivity contribution in [3.63, 3.8) is 0 Å². The first kappa shape index (κ1) is 15.8. The molecule has 108 valence electrons. The fourth-order valence-corrected chi connectivity index (χ4v) is 2.27. The van der Waals surface area contributed by atoms with Crippen LogP contribution in [0.25, 0.3) is 0 Å². The van der Waals surface area contributed by atoms with E-state index in [-0.39, 0.29) is 27.0 Å². The Morgan fingerprint density at radius 2 is 1.95 bits per heavy atom. The van der Waals surface area contributed by atoms with Gasteiger partial charge in [0.15, 0.2) is 0 Å². The molecule has 2 rings (SSSR count). The zero-order valence-electron chi connectivity index (χ0n) is 10.2. The maximum absolute atomic E-state index is 12.1. The van der Waals surface area contributed by atoms with Crippen molar-refractivity contribution in [3.8, 4) is 0 Å². The van der Waals surface area contributed by atoms with Crippen molar-refractivity contribution in [2.45, 2.75) is 0 Å². The Morgan fingerprint density at radius 1 is 1.24 bits per heavy atom. The molecular weight excluding hydrogens is 383 g/mol. The van der Waals surface area contributed by atoms with Gasteiger partial charge in [0.2, 0.25) is 0 Å². The van der Waals surface area contributed by atoms with Crippen LogP contribution in [-0.2, 0) is 0 Å². The SMILES string of the molecule is O=C(O)c1ccc(NC(=O)c2cc(Br)cnc2Cl)c(Cl)c1. The van der Waals surface area contributed by atoms with Gasteiger partial charge < -0.3 is 10.4 Å². The van der Waals surface area contributed by atoms with Gasteiger partial charge in [-0.15, -0.1) is 0 Å². The summed E-state index contributed by atoms with van der Waals surface area (Å²) in [6, 6.07) is 5.51. The second kappa shape index (κ2) is 6.43. The summed E-state index contributed by atoms with van der Waals surface area (Å²) < 4.78 is 0.601. The van der Waals surface area contributed by atoms with E-state index in [4.69, 9.17) is 28.3 Å². The number of rotatable bonds is 3. The molecule has 1 heterocycles. The molecule has 0 aliphatic heterocycles. The van der Waals surface area contributed by atoms with E-state index in [1.165, 1.54) is 30.5 Å². The minimum atomic E-state index is -1.10. The number of nitrogens with one attached hydrogen (secondary N) is 1. The zero-order valence-corrected chi connectivity index (χ0v) is 13.3. The molecule has 1 aromatic heterocycles. The molecule has 1 amide bonds. The van der Waals surface area contributed by atoms with E-state index in [0.29, 0.717) is 4.47 Å². The highest BCUT2D eigenvalue weighted by atomic mass is 79.9. The van der Waals surface area contributed by atoms with Gasteiger partial charge in [-0.2, -0.15) is 0 Å². The van der Waals surface area contributed by atoms with Crippen LogP contribution in [-0.4, -0.2) is 22.0 Å². The predicted molar refractivity (Wildman–Crippen MR) is 83.3 cm³/mol. The number of anilines is 1. The number of aromatic nitrogens is 1. The van der Waals surface area contributed by atoms with Gasteiger partial charge in [0.1, 0.15) is 5.15 Å². The standard InChI is InChI=1S/C13H7BrCl2N2O3/c14-7-4-8(11(16)17-5-7)12(19)18-10-2-1-6(13(20)21)3-9(10)15/h1-5H,(H,18,19)(H,20,21). The fraction of sp³-hybridized carbons (Fsp3) is 0. The van der Waals surface area contributed by atoms with Crippen LogP contribution in [0, 0.1) is 0 Å². The number of halogens is 3. The van der Waals surface area contributed by atoms with Crippen LogP contribution in [0.5, 0.6) is 0 Å². The van der Waals surface area contributed by atoms with Gasteiger partial charge in [0.05, 0.1) is 21.8 Å². The second-order valence-electron chi connectivity index (χ2n) is 3.95. The molecule has 0 fully saturated rings. The Balaban J connectivity index is 2.27. The van der Waals surface area contributed by atoms with Crippen LogP contribution in [0.1, 0.15) is 20.7 Å². The number of aromatic carboxylic acids is 1. The lowest BCUT2D eigenvalue weighted by molar-refractivity contribution is 0.0696. The molecule has 2 N–H and O–H groups in total. The molecule has 1 aromatic carbocycles. The summed E-state index contributed by atoms with van der Waals surface area (Å²) in [6.45, 7) is 0. The topological polar surface area (TPSA) is 79.3 Å². The molecule has 0 aliphatic rings. The maximum atomic E-state index is 12.1. The minimum absolute atomic E-state index is 0.0279. The Bertz CT molecular complexity index is 737. The summed E-state index contributed by atoms with van der Waals surface area (Å²) in [6.07, 6.45) is 1.47. The van der Waals surface area contributed by atoms with Crippen LogP contribution in [0.4, 0.5) is 5.69 Å². The summed E-state index contributed by atoms with van der Waals surface area (Å²) in [4.78, 5) is 26.8. The van der Waals surface area contributed by atoms with E-state index in [1.807, 2.05) is 0 Å². The van der Waals surface area contributed by atoms with Gasteiger partial charge in [0, 0.05) is 10.7 Å². The van der Waals surface area contributed by atoms with Crippen molar-refractivity contribution in [3.05, 3.63) is 56.2 Å². The van der Waals surface area contributed by atoms with Crippen molar-refractivity contribution >= 4 is 56.7 Å². The van der Waals surface area contributed by atoms with Crippen molar-refractivity contribution in [2.75, 3.05) is 5.32 Å². The molecule has 2 aromatic rings. The number of pyridine rings is 1. The maximum Gasteiger partial charge on any atom is 0.335 e. The average Bonchev–Trinajstić information content (AvgIpc) is 2.43. The highest BCUT2D eigenvalue weighted by molar-refractivity contribution is 9.10. The van der Waals surface area contributed by atoms with Crippen molar-refractivity contribution in [2.24, 2.45) is 0 Å². The Morgan fingerprint density at radius 3 is 2.57 bits per heavy atom. The molecule has 0 atom stereocenters. The van der Waals surface area contributed by atoms with Crippen molar-refractivity contribution in [1.82, 2.24) is 4.98 Å². The van der Waals surface area contributed by atoms with Gasteiger partial charge >= 0.3 is 5.97 Å². The lowest BCUT2D eigenvalue weighted by Gasteiger charge is -2.09. The fourth-order valence-electron chi connectivity index (χ4n) is 1.52. The number of nitrogens with zero attached hydrogens (tertiary/aromatic N) is 1. The smallest absolute Gasteiger partial charge is 0.335 e. The number of amides is 1. The molecular formula is C13H7BrCl2N2O3. The third-order valence-electron chi connectivity index (χ3n) is 2.51. The minimum Gasteiger partial charge on any atom is -0.478 e. The normalized spacial score (nSPS) is 10.2. The first-order valence-corrected chi connectivity index (χ1v) is 7.08. The molecule has 0 saturated heterocycles. The molecule has 8 heteroatoms. The van der Waals surface area contributed by atoms with Gasteiger partial charge in [-0.3, -0.25) is 4.79 Å². The predicted octanol–water partition coefficient (Wildman–Crippen LogP) is 4.10. The van der Waals surface area contributed by atoms with Crippen LogP contribution in [0.15, 0.2) is 34.9 Å². The highest BCUT2D eigenvalue weighted by Crippen LogP contribution is 2.25. The lowest BCUT2D eigenvalue weighted by Crippen LogP contribution is -2.13. The van der Waals surface area contributed by atoms with E-state index in [1.54, 1.807) is 0 Å². The number of hydrogen-bond donors (Lipinski definition) is 2. The number of carbonyl (C=O) groups excluding carboxylic acids is 1. The number of benzene rings is 1. The molecule has 5 nitrogen and oxygen atoms in total. The van der Waals surface area contributed by atoms with Gasteiger partial charge in [-0.05, 0) is 40.2 Å². The number of carboxylic acids is 1. The molecule has 0 aliphatic carbocycles. The van der Waals surface area contributed by atoms with Gasteiger partial charge in [0.25, 0.3) is 5.91 Å². The Labute approximate surface area is 138 Å². The molecule has 0 radical (unpaired) electrons. The molecule has 0 spiro atoms. The quantitative estimate of drug-likeness (QED) is 0.774. The average molecular weight is 390 g/mol. The highest BCUT2D eigenvalue weighted by Gasteiger charge is 2.14.